The lowest BCUT2D eigenvalue weighted by atomic mass is 10.1. The molecule has 1 aliphatic heterocycles. The highest BCUT2D eigenvalue weighted by Gasteiger charge is 2.13. The molecular formula is C22H36IN7. The van der Waals surface area contributed by atoms with Crippen LogP contribution < -0.4 is 5.32 Å². The van der Waals surface area contributed by atoms with Crippen molar-refractivity contribution in [1.29, 1.82) is 0 Å². The van der Waals surface area contributed by atoms with Crippen molar-refractivity contribution in [3.63, 3.8) is 0 Å². The van der Waals surface area contributed by atoms with Gasteiger partial charge in [-0.3, -0.25) is 9.58 Å². The van der Waals surface area contributed by atoms with Crippen LogP contribution in [0.15, 0.2) is 35.6 Å². The molecule has 1 saturated heterocycles. The minimum Gasteiger partial charge on any atom is -0.357 e. The molecule has 0 spiro atoms. The molecule has 0 unspecified atom stereocenters. The summed E-state index contributed by atoms with van der Waals surface area (Å²) in [5.41, 5.74) is 2.70. The van der Waals surface area contributed by atoms with Crippen molar-refractivity contribution < 1.29 is 0 Å². The van der Waals surface area contributed by atoms with E-state index in [0.29, 0.717) is 13.1 Å². The predicted octanol–water partition coefficient (Wildman–Crippen LogP) is 3.41. The molecule has 30 heavy (non-hydrogen) atoms. The summed E-state index contributed by atoms with van der Waals surface area (Å²) in [5.74, 6) is 1.81. The fraction of sp³-hybridized carbons (Fsp3) is 0.591. The fourth-order valence-electron chi connectivity index (χ4n) is 3.78. The van der Waals surface area contributed by atoms with Gasteiger partial charge in [-0.2, -0.15) is 5.10 Å². The number of guanidine groups is 1. The maximum atomic E-state index is 4.92. The topological polar surface area (TPSA) is 61.6 Å². The number of nitrogens with one attached hydrogen (secondary N) is 1. The number of hydrogen-bond donors (Lipinski definition) is 1. The zero-order valence-corrected chi connectivity index (χ0v) is 20.9. The molecule has 3 rings (SSSR count). The summed E-state index contributed by atoms with van der Waals surface area (Å²) in [6.07, 6.45) is 6.96. The summed E-state index contributed by atoms with van der Waals surface area (Å²) in [6.45, 7) is 7.71. The second-order valence-corrected chi connectivity index (χ2v) is 7.79. The maximum absolute atomic E-state index is 4.92. The number of aliphatic imine (C=N–C) groups is 1. The molecule has 2 aromatic rings. The minimum atomic E-state index is 0. The van der Waals surface area contributed by atoms with Crippen molar-refractivity contribution >= 4 is 29.9 Å². The smallest absolute Gasteiger partial charge is 0.194 e. The van der Waals surface area contributed by atoms with Crippen molar-refractivity contribution in [2.45, 2.75) is 52.2 Å². The zero-order chi connectivity index (χ0) is 20.5. The van der Waals surface area contributed by atoms with E-state index in [0.717, 1.165) is 24.9 Å². The van der Waals surface area contributed by atoms with Crippen LogP contribution >= 0.6 is 24.0 Å². The second kappa shape index (κ2) is 12.9. The Kier molecular flexibility index (Phi) is 10.6. The Hall–Kier alpha value is -1.68. The highest BCUT2D eigenvalue weighted by Crippen LogP contribution is 2.17. The van der Waals surface area contributed by atoms with Crippen LogP contribution in [0.3, 0.4) is 0 Å². The van der Waals surface area contributed by atoms with Crippen molar-refractivity contribution in [3.05, 3.63) is 47.5 Å². The lowest BCUT2D eigenvalue weighted by Gasteiger charge is -2.23. The summed E-state index contributed by atoms with van der Waals surface area (Å²) in [6, 6.07) is 8.73. The van der Waals surface area contributed by atoms with Crippen molar-refractivity contribution in [1.82, 2.24) is 29.9 Å². The molecule has 2 heterocycles. The molecule has 0 amide bonds. The average Bonchev–Trinajstić information content (AvgIpc) is 2.96. The molecule has 1 fully saturated rings. The highest BCUT2D eigenvalue weighted by atomic mass is 127. The third-order valence-electron chi connectivity index (χ3n) is 5.49. The van der Waals surface area contributed by atoms with Gasteiger partial charge in [0.05, 0.1) is 13.1 Å². The summed E-state index contributed by atoms with van der Waals surface area (Å²) < 4.78 is 1.80. The molecule has 0 radical (unpaired) electrons. The number of benzene rings is 1. The van der Waals surface area contributed by atoms with Gasteiger partial charge in [0.2, 0.25) is 0 Å². The molecule has 0 bridgehead atoms. The van der Waals surface area contributed by atoms with E-state index in [9.17, 15) is 0 Å². The SMILES string of the molecule is CCNC(=NCc1ccccc1CN1CCCCCC1)N(C)Cc1ncnn1C.I. The van der Waals surface area contributed by atoms with Gasteiger partial charge in [-0.05, 0) is 44.0 Å². The molecule has 1 aromatic heterocycles. The Morgan fingerprint density at radius 1 is 1.13 bits per heavy atom. The van der Waals surface area contributed by atoms with E-state index in [2.05, 4.69) is 56.4 Å². The maximum Gasteiger partial charge on any atom is 0.194 e. The number of aromatic nitrogens is 3. The van der Waals surface area contributed by atoms with Crippen LogP contribution in [0.1, 0.15) is 49.6 Å². The van der Waals surface area contributed by atoms with E-state index in [1.807, 2.05) is 14.1 Å². The van der Waals surface area contributed by atoms with Gasteiger partial charge in [0, 0.05) is 27.2 Å². The van der Waals surface area contributed by atoms with Crippen LogP contribution in [-0.2, 0) is 26.7 Å². The number of hydrogen-bond acceptors (Lipinski definition) is 4. The van der Waals surface area contributed by atoms with Gasteiger partial charge in [-0.15, -0.1) is 24.0 Å². The first-order valence-electron chi connectivity index (χ1n) is 10.8. The summed E-state index contributed by atoms with van der Waals surface area (Å²) in [7, 11) is 3.96. The normalized spacial score (nSPS) is 15.4. The van der Waals surface area contributed by atoms with Crippen LogP contribution in [0.4, 0.5) is 0 Å². The molecule has 0 saturated carbocycles. The largest absolute Gasteiger partial charge is 0.357 e. The van der Waals surface area contributed by atoms with Gasteiger partial charge in [0.1, 0.15) is 12.2 Å². The number of halogens is 1. The van der Waals surface area contributed by atoms with Crippen molar-refractivity contribution in [2.24, 2.45) is 12.0 Å². The van der Waals surface area contributed by atoms with E-state index in [-0.39, 0.29) is 24.0 Å². The third-order valence-corrected chi connectivity index (χ3v) is 5.49. The molecule has 0 atom stereocenters. The first kappa shape index (κ1) is 24.6. The summed E-state index contributed by atoms with van der Waals surface area (Å²) in [5, 5.41) is 7.56. The first-order chi connectivity index (χ1) is 14.2. The second-order valence-electron chi connectivity index (χ2n) is 7.79. The molecular weight excluding hydrogens is 489 g/mol. The molecule has 1 aromatic carbocycles. The summed E-state index contributed by atoms with van der Waals surface area (Å²) >= 11 is 0. The van der Waals surface area contributed by atoms with Gasteiger partial charge in [-0.25, -0.2) is 9.98 Å². The predicted molar refractivity (Wildman–Crippen MR) is 133 cm³/mol. The van der Waals surface area contributed by atoms with Gasteiger partial charge in [0.25, 0.3) is 0 Å². The minimum absolute atomic E-state index is 0. The van der Waals surface area contributed by atoms with E-state index >= 15 is 0 Å². The van der Waals surface area contributed by atoms with Crippen LogP contribution in [-0.4, -0.2) is 57.2 Å². The molecule has 7 nitrogen and oxygen atoms in total. The van der Waals surface area contributed by atoms with Gasteiger partial charge in [-0.1, -0.05) is 37.1 Å². The quantitative estimate of drug-likeness (QED) is 0.341. The zero-order valence-electron chi connectivity index (χ0n) is 18.5. The standard InChI is InChI=1S/C22H35N7.HI/c1-4-23-22(27(2)17-21-25-18-26-28(21)3)24-15-19-11-7-8-12-20(19)16-29-13-9-5-6-10-14-29;/h7-8,11-12,18H,4-6,9-10,13-17H2,1-3H3,(H,23,24);1H. The third kappa shape index (κ3) is 7.23. The number of aryl methyl sites for hydroxylation is 1. The molecule has 0 aliphatic carbocycles. The average molecular weight is 525 g/mol. The first-order valence-corrected chi connectivity index (χ1v) is 10.8. The molecule has 166 valence electrons. The Bertz CT molecular complexity index is 781. The Balaban J connectivity index is 0.00000320. The lowest BCUT2D eigenvalue weighted by molar-refractivity contribution is 0.276. The molecule has 8 heteroatoms. The van der Waals surface area contributed by atoms with E-state index in [4.69, 9.17) is 4.99 Å². The van der Waals surface area contributed by atoms with Crippen LogP contribution in [0.25, 0.3) is 0 Å². The number of likely N-dealkylation sites (tertiary alicyclic amines) is 1. The Labute approximate surface area is 198 Å². The van der Waals surface area contributed by atoms with Crippen LogP contribution in [0.2, 0.25) is 0 Å². The van der Waals surface area contributed by atoms with Gasteiger partial charge in [0.15, 0.2) is 5.96 Å². The number of rotatable bonds is 7. The van der Waals surface area contributed by atoms with E-state index in [1.54, 1.807) is 11.0 Å². The van der Waals surface area contributed by atoms with E-state index < -0.39 is 0 Å². The van der Waals surface area contributed by atoms with E-state index in [1.165, 1.54) is 49.9 Å². The molecule has 1 N–H and O–H groups in total. The lowest BCUT2D eigenvalue weighted by Crippen LogP contribution is -2.39. The van der Waals surface area contributed by atoms with Gasteiger partial charge >= 0.3 is 0 Å². The summed E-state index contributed by atoms with van der Waals surface area (Å²) in [4.78, 5) is 13.9. The monoisotopic (exact) mass is 525 g/mol. The molecule has 1 aliphatic rings. The van der Waals surface area contributed by atoms with Crippen LogP contribution in [0, 0.1) is 0 Å². The number of nitrogens with zero attached hydrogens (tertiary/aromatic N) is 6. The Morgan fingerprint density at radius 2 is 1.83 bits per heavy atom. The Morgan fingerprint density at radius 3 is 2.47 bits per heavy atom. The fourth-order valence-corrected chi connectivity index (χ4v) is 3.78. The van der Waals surface area contributed by atoms with Crippen molar-refractivity contribution in [2.75, 3.05) is 26.7 Å². The van der Waals surface area contributed by atoms with Crippen molar-refractivity contribution in [3.8, 4) is 0 Å². The highest BCUT2D eigenvalue weighted by molar-refractivity contribution is 14.0. The van der Waals surface area contributed by atoms with Crippen LogP contribution in [0.5, 0.6) is 0 Å². The van der Waals surface area contributed by atoms with Gasteiger partial charge < -0.3 is 10.2 Å².